The topological polar surface area (TPSA) is 58.4 Å². The minimum Gasteiger partial charge on any atom is -0.361 e. The number of carbonyl (C=O) groups excluding carboxylic acids is 1. The molecule has 1 fully saturated rings. The lowest BCUT2D eigenvalue weighted by atomic mass is 10.1. The number of hydrogen-bond donors (Lipinski definition) is 1. The Labute approximate surface area is 136 Å². The van der Waals surface area contributed by atoms with Crippen molar-refractivity contribution in [1.82, 2.24) is 10.1 Å². The minimum absolute atomic E-state index is 0.0438. The lowest BCUT2D eigenvalue weighted by Crippen LogP contribution is -2.19. The number of nitrogens with zero attached hydrogens (tertiary/aromatic N) is 2. The molecule has 1 N–H and O–H groups in total. The van der Waals surface area contributed by atoms with E-state index in [1.54, 1.807) is 0 Å². The number of rotatable bonds is 5. The van der Waals surface area contributed by atoms with E-state index in [2.05, 4.69) is 27.5 Å². The number of likely N-dealkylation sites (tertiary alicyclic amines) is 1. The van der Waals surface area contributed by atoms with Crippen molar-refractivity contribution in [3.8, 4) is 0 Å². The first-order valence-electron chi connectivity index (χ1n) is 8.15. The zero-order valence-electron chi connectivity index (χ0n) is 13.8. The maximum atomic E-state index is 12.2. The summed E-state index contributed by atoms with van der Waals surface area (Å²) in [4.78, 5) is 14.7. The summed E-state index contributed by atoms with van der Waals surface area (Å²) < 4.78 is 5.10. The normalized spacial score (nSPS) is 15.0. The van der Waals surface area contributed by atoms with Gasteiger partial charge in [0.15, 0.2) is 0 Å². The zero-order valence-corrected chi connectivity index (χ0v) is 13.8. The third-order valence-electron chi connectivity index (χ3n) is 4.33. The van der Waals surface area contributed by atoms with Crippen molar-refractivity contribution in [2.24, 2.45) is 0 Å². The molecule has 0 atom stereocenters. The van der Waals surface area contributed by atoms with Gasteiger partial charge >= 0.3 is 0 Å². The summed E-state index contributed by atoms with van der Waals surface area (Å²) in [6.45, 7) is 6.98. The van der Waals surface area contributed by atoms with Crippen LogP contribution in [0.5, 0.6) is 0 Å². The Morgan fingerprint density at radius 1 is 1.30 bits per heavy atom. The predicted octanol–water partition coefficient (Wildman–Crippen LogP) is 3.07. The molecule has 2 aromatic rings. The molecule has 0 unspecified atom stereocenters. The van der Waals surface area contributed by atoms with Gasteiger partial charge in [0.25, 0.3) is 0 Å². The van der Waals surface area contributed by atoms with Crippen LogP contribution in [0.25, 0.3) is 0 Å². The van der Waals surface area contributed by atoms with E-state index in [0.29, 0.717) is 5.76 Å². The molecule has 0 bridgehead atoms. The molecule has 2 heterocycles. The van der Waals surface area contributed by atoms with Gasteiger partial charge in [0, 0.05) is 17.8 Å². The molecule has 1 aliphatic heterocycles. The van der Waals surface area contributed by atoms with Gasteiger partial charge in [-0.05, 0) is 57.5 Å². The SMILES string of the molecule is Cc1noc(C)c1CC(=O)Nc1cccc(CN2CCCC2)c1. The Bertz CT molecular complexity index is 668. The second kappa shape index (κ2) is 6.96. The Balaban J connectivity index is 1.62. The van der Waals surface area contributed by atoms with Crippen molar-refractivity contribution in [2.75, 3.05) is 18.4 Å². The molecule has 122 valence electrons. The summed E-state index contributed by atoms with van der Waals surface area (Å²) in [7, 11) is 0. The van der Waals surface area contributed by atoms with Crippen molar-refractivity contribution in [1.29, 1.82) is 0 Å². The Morgan fingerprint density at radius 3 is 2.78 bits per heavy atom. The van der Waals surface area contributed by atoms with Crippen LogP contribution in [-0.4, -0.2) is 29.1 Å². The maximum absolute atomic E-state index is 12.2. The van der Waals surface area contributed by atoms with Gasteiger partial charge < -0.3 is 9.84 Å². The number of amides is 1. The fourth-order valence-corrected chi connectivity index (χ4v) is 3.07. The highest BCUT2D eigenvalue weighted by atomic mass is 16.5. The lowest BCUT2D eigenvalue weighted by Gasteiger charge is -2.15. The first-order valence-corrected chi connectivity index (χ1v) is 8.15. The quantitative estimate of drug-likeness (QED) is 0.921. The molecule has 0 saturated carbocycles. The number of aromatic nitrogens is 1. The first-order chi connectivity index (χ1) is 11.1. The van der Waals surface area contributed by atoms with E-state index in [9.17, 15) is 4.79 Å². The molecule has 1 aromatic carbocycles. The van der Waals surface area contributed by atoms with Gasteiger partial charge in [0.2, 0.25) is 5.91 Å². The average molecular weight is 313 g/mol. The summed E-state index contributed by atoms with van der Waals surface area (Å²) in [5.41, 5.74) is 3.73. The second-order valence-electron chi connectivity index (χ2n) is 6.21. The fourth-order valence-electron chi connectivity index (χ4n) is 3.07. The Morgan fingerprint density at radius 2 is 2.09 bits per heavy atom. The summed E-state index contributed by atoms with van der Waals surface area (Å²) in [6.07, 6.45) is 2.86. The molecule has 1 aliphatic rings. The largest absolute Gasteiger partial charge is 0.361 e. The van der Waals surface area contributed by atoms with E-state index in [4.69, 9.17) is 4.52 Å². The van der Waals surface area contributed by atoms with E-state index >= 15 is 0 Å². The van der Waals surface area contributed by atoms with Crippen LogP contribution < -0.4 is 5.32 Å². The minimum atomic E-state index is -0.0438. The molecule has 1 amide bonds. The average Bonchev–Trinajstić information content (AvgIpc) is 3.13. The number of nitrogens with one attached hydrogen (secondary N) is 1. The summed E-state index contributed by atoms with van der Waals surface area (Å²) in [5.74, 6) is 0.665. The highest BCUT2D eigenvalue weighted by molar-refractivity contribution is 5.92. The van der Waals surface area contributed by atoms with E-state index in [1.807, 2.05) is 26.0 Å². The third kappa shape index (κ3) is 3.99. The van der Waals surface area contributed by atoms with Crippen molar-refractivity contribution < 1.29 is 9.32 Å². The van der Waals surface area contributed by atoms with Crippen LogP contribution >= 0.6 is 0 Å². The number of hydrogen-bond acceptors (Lipinski definition) is 4. The van der Waals surface area contributed by atoms with Crippen molar-refractivity contribution in [3.05, 3.63) is 46.8 Å². The molecule has 0 radical (unpaired) electrons. The molecule has 1 aromatic heterocycles. The van der Waals surface area contributed by atoms with Crippen molar-refractivity contribution in [2.45, 2.75) is 39.7 Å². The Hall–Kier alpha value is -2.14. The molecular formula is C18H23N3O2. The van der Waals surface area contributed by atoms with E-state index in [-0.39, 0.29) is 12.3 Å². The van der Waals surface area contributed by atoms with Gasteiger partial charge in [-0.1, -0.05) is 17.3 Å². The standard InChI is InChI=1S/C18H23N3O2/c1-13-17(14(2)23-20-13)11-18(22)19-16-7-5-6-15(10-16)12-21-8-3-4-9-21/h5-7,10H,3-4,8-9,11-12H2,1-2H3,(H,19,22). The highest BCUT2D eigenvalue weighted by Crippen LogP contribution is 2.17. The molecule has 5 nitrogen and oxygen atoms in total. The Kier molecular flexibility index (Phi) is 4.76. The van der Waals surface area contributed by atoms with Gasteiger partial charge in [-0.25, -0.2) is 0 Å². The molecule has 0 aliphatic carbocycles. The van der Waals surface area contributed by atoms with Crippen LogP contribution in [0.1, 0.15) is 35.4 Å². The maximum Gasteiger partial charge on any atom is 0.228 e. The second-order valence-corrected chi connectivity index (χ2v) is 6.21. The van der Waals surface area contributed by atoms with Gasteiger partial charge in [-0.15, -0.1) is 0 Å². The van der Waals surface area contributed by atoms with Crippen LogP contribution in [0.15, 0.2) is 28.8 Å². The van der Waals surface area contributed by atoms with Gasteiger partial charge in [-0.2, -0.15) is 0 Å². The number of aryl methyl sites for hydroxylation is 2. The smallest absolute Gasteiger partial charge is 0.228 e. The van der Waals surface area contributed by atoms with Crippen LogP contribution in [0.4, 0.5) is 5.69 Å². The molecular weight excluding hydrogens is 290 g/mol. The summed E-state index contributed by atoms with van der Waals surface area (Å²) in [5, 5.41) is 6.86. The van der Waals surface area contributed by atoms with Crippen LogP contribution in [0, 0.1) is 13.8 Å². The molecule has 5 heteroatoms. The van der Waals surface area contributed by atoms with E-state index in [1.165, 1.54) is 31.5 Å². The zero-order chi connectivity index (χ0) is 16.2. The predicted molar refractivity (Wildman–Crippen MR) is 89.3 cm³/mol. The summed E-state index contributed by atoms with van der Waals surface area (Å²) >= 11 is 0. The molecule has 0 spiro atoms. The number of anilines is 1. The number of benzene rings is 1. The van der Waals surface area contributed by atoms with Crippen molar-refractivity contribution >= 4 is 11.6 Å². The highest BCUT2D eigenvalue weighted by Gasteiger charge is 2.14. The lowest BCUT2D eigenvalue weighted by molar-refractivity contribution is -0.115. The van der Waals surface area contributed by atoms with Gasteiger partial charge in [-0.3, -0.25) is 9.69 Å². The van der Waals surface area contributed by atoms with Crippen molar-refractivity contribution in [3.63, 3.8) is 0 Å². The van der Waals surface area contributed by atoms with Crippen LogP contribution in [0.2, 0.25) is 0 Å². The fraction of sp³-hybridized carbons (Fsp3) is 0.444. The number of carbonyl (C=O) groups is 1. The molecule has 23 heavy (non-hydrogen) atoms. The van der Waals surface area contributed by atoms with Gasteiger partial charge in [0.05, 0.1) is 12.1 Å². The molecule has 3 rings (SSSR count). The monoisotopic (exact) mass is 313 g/mol. The van der Waals surface area contributed by atoms with Crippen LogP contribution in [-0.2, 0) is 17.8 Å². The van der Waals surface area contributed by atoms with Crippen LogP contribution in [0.3, 0.4) is 0 Å². The van der Waals surface area contributed by atoms with E-state index in [0.717, 1.165) is 23.5 Å². The molecule has 1 saturated heterocycles. The van der Waals surface area contributed by atoms with E-state index < -0.39 is 0 Å². The first kappa shape index (κ1) is 15.7. The third-order valence-corrected chi connectivity index (χ3v) is 4.33. The summed E-state index contributed by atoms with van der Waals surface area (Å²) in [6, 6.07) is 8.10. The van der Waals surface area contributed by atoms with Gasteiger partial charge in [0.1, 0.15) is 5.76 Å².